The van der Waals surface area contributed by atoms with Crippen LogP contribution in [0.25, 0.3) is 0 Å². The Morgan fingerprint density at radius 3 is 3.00 bits per heavy atom. The van der Waals surface area contributed by atoms with E-state index in [0.29, 0.717) is 18.4 Å². The first-order valence-electron chi connectivity index (χ1n) is 5.39. The minimum absolute atomic E-state index is 0.402. The predicted octanol–water partition coefficient (Wildman–Crippen LogP) is 0.758. The van der Waals surface area contributed by atoms with E-state index >= 15 is 0 Å². The van der Waals surface area contributed by atoms with Crippen LogP contribution in [0.2, 0.25) is 0 Å². The lowest BCUT2D eigenvalue weighted by molar-refractivity contribution is 0.151. The average Bonchev–Trinajstić information content (AvgIpc) is 2.68. The molecule has 15 heavy (non-hydrogen) atoms. The Morgan fingerprint density at radius 1 is 1.47 bits per heavy atom. The summed E-state index contributed by atoms with van der Waals surface area (Å²) in [7, 11) is 1.62. The summed E-state index contributed by atoms with van der Waals surface area (Å²) in [6.45, 7) is 2.61. The summed E-state index contributed by atoms with van der Waals surface area (Å²) in [6.07, 6.45) is 3.33. The monoisotopic (exact) mass is 211 g/mol. The SMILES string of the molecule is COCc1nc(CC2CCNCC2)no1. The number of aromatic nitrogens is 2. The molecule has 0 spiro atoms. The molecule has 5 heteroatoms. The van der Waals surface area contributed by atoms with Crippen molar-refractivity contribution in [2.24, 2.45) is 5.92 Å². The third kappa shape index (κ3) is 3.00. The van der Waals surface area contributed by atoms with E-state index in [1.807, 2.05) is 0 Å². The molecule has 5 nitrogen and oxygen atoms in total. The molecule has 0 bridgehead atoms. The lowest BCUT2D eigenvalue weighted by Crippen LogP contribution is -2.28. The van der Waals surface area contributed by atoms with Gasteiger partial charge in [-0.05, 0) is 31.8 Å². The Labute approximate surface area is 89.2 Å². The zero-order valence-corrected chi connectivity index (χ0v) is 9.03. The normalized spacial score (nSPS) is 18.2. The second-order valence-electron chi connectivity index (χ2n) is 3.93. The molecule has 0 atom stereocenters. The van der Waals surface area contributed by atoms with Crippen LogP contribution >= 0.6 is 0 Å². The van der Waals surface area contributed by atoms with E-state index in [1.165, 1.54) is 12.8 Å². The van der Waals surface area contributed by atoms with Crippen molar-refractivity contribution in [1.82, 2.24) is 15.5 Å². The van der Waals surface area contributed by atoms with Crippen LogP contribution in [0.4, 0.5) is 0 Å². The molecule has 1 aliphatic heterocycles. The van der Waals surface area contributed by atoms with Crippen LogP contribution in [0.5, 0.6) is 0 Å². The fourth-order valence-electron chi connectivity index (χ4n) is 1.90. The molecule has 1 aliphatic rings. The first-order chi connectivity index (χ1) is 7.38. The van der Waals surface area contributed by atoms with Gasteiger partial charge in [0.25, 0.3) is 5.89 Å². The Balaban J connectivity index is 1.86. The Bertz CT molecular complexity index is 295. The Hall–Kier alpha value is -0.940. The van der Waals surface area contributed by atoms with Crippen LogP contribution < -0.4 is 5.32 Å². The molecule has 2 heterocycles. The van der Waals surface area contributed by atoms with Crippen LogP contribution in [0, 0.1) is 5.92 Å². The predicted molar refractivity (Wildman–Crippen MR) is 54.3 cm³/mol. The lowest BCUT2D eigenvalue weighted by atomic mass is 9.94. The third-order valence-corrected chi connectivity index (χ3v) is 2.71. The molecule has 0 aliphatic carbocycles. The van der Waals surface area contributed by atoms with Gasteiger partial charge in [-0.2, -0.15) is 4.98 Å². The van der Waals surface area contributed by atoms with Crippen LogP contribution in [-0.4, -0.2) is 30.3 Å². The molecular formula is C10H17N3O2. The fraction of sp³-hybridized carbons (Fsp3) is 0.800. The van der Waals surface area contributed by atoms with Crippen LogP contribution in [0.15, 0.2) is 4.52 Å². The van der Waals surface area contributed by atoms with Gasteiger partial charge >= 0.3 is 0 Å². The summed E-state index contributed by atoms with van der Waals surface area (Å²) in [5.41, 5.74) is 0. The van der Waals surface area contributed by atoms with Gasteiger partial charge in [-0.3, -0.25) is 0 Å². The summed E-state index contributed by atoms with van der Waals surface area (Å²) >= 11 is 0. The second-order valence-corrected chi connectivity index (χ2v) is 3.93. The molecular weight excluding hydrogens is 194 g/mol. The molecule has 2 rings (SSSR count). The lowest BCUT2D eigenvalue weighted by Gasteiger charge is -2.20. The molecule has 0 saturated carbocycles. The van der Waals surface area contributed by atoms with Crippen molar-refractivity contribution < 1.29 is 9.26 Å². The summed E-state index contributed by atoms with van der Waals surface area (Å²) in [6, 6.07) is 0. The van der Waals surface area contributed by atoms with Crippen molar-refractivity contribution in [3.63, 3.8) is 0 Å². The van der Waals surface area contributed by atoms with E-state index in [2.05, 4.69) is 15.5 Å². The van der Waals surface area contributed by atoms with E-state index < -0.39 is 0 Å². The summed E-state index contributed by atoms with van der Waals surface area (Å²) in [4.78, 5) is 4.27. The topological polar surface area (TPSA) is 60.2 Å². The van der Waals surface area contributed by atoms with Crippen molar-refractivity contribution in [3.05, 3.63) is 11.7 Å². The molecule has 84 valence electrons. The molecule has 0 unspecified atom stereocenters. The number of methoxy groups -OCH3 is 1. The third-order valence-electron chi connectivity index (χ3n) is 2.71. The number of nitrogens with zero attached hydrogens (tertiary/aromatic N) is 2. The van der Waals surface area contributed by atoms with Crippen molar-refractivity contribution in [3.8, 4) is 0 Å². The molecule has 1 saturated heterocycles. The second kappa shape index (κ2) is 5.23. The number of piperidine rings is 1. The highest BCUT2D eigenvalue weighted by atomic mass is 16.5. The van der Waals surface area contributed by atoms with Crippen molar-refractivity contribution in [2.45, 2.75) is 25.9 Å². The van der Waals surface area contributed by atoms with E-state index in [1.54, 1.807) is 7.11 Å². The Kier molecular flexibility index (Phi) is 3.69. The zero-order chi connectivity index (χ0) is 10.5. The minimum Gasteiger partial charge on any atom is -0.375 e. The van der Waals surface area contributed by atoms with E-state index in [0.717, 1.165) is 25.3 Å². The van der Waals surface area contributed by atoms with E-state index in [9.17, 15) is 0 Å². The van der Waals surface area contributed by atoms with E-state index in [4.69, 9.17) is 9.26 Å². The van der Waals surface area contributed by atoms with Gasteiger partial charge in [-0.15, -0.1) is 0 Å². The van der Waals surface area contributed by atoms with Crippen LogP contribution in [0.3, 0.4) is 0 Å². The minimum atomic E-state index is 0.402. The molecule has 0 aromatic carbocycles. The zero-order valence-electron chi connectivity index (χ0n) is 9.03. The van der Waals surface area contributed by atoms with Gasteiger partial charge in [0.2, 0.25) is 0 Å². The van der Waals surface area contributed by atoms with Crippen LogP contribution in [-0.2, 0) is 17.8 Å². The number of hydrogen-bond acceptors (Lipinski definition) is 5. The highest BCUT2D eigenvalue weighted by molar-refractivity contribution is 4.88. The summed E-state index contributed by atoms with van der Waals surface area (Å²) < 4.78 is 9.97. The van der Waals surface area contributed by atoms with Crippen LogP contribution in [0.1, 0.15) is 24.6 Å². The molecule has 1 aromatic rings. The molecule has 0 amide bonds. The van der Waals surface area contributed by atoms with Gasteiger partial charge in [0, 0.05) is 13.5 Å². The number of nitrogens with one attached hydrogen (secondary N) is 1. The van der Waals surface area contributed by atoms with Crippen molar-refractivity contribution >= 4 is 0 Å². The van der Waals surface area contributed by atoms with Gasteiger partial charge in [0.05, 0.1) is 0 Å². The summed E-state index contributed by atoms with van der Waals surface area (Å²) in [5, 5.41) is 7.28. The van der Waals surface area contributed by atoms with Crippen molar-refractivity contribution in [2.75, 3.05) is 20.2 Å². The molecule has 0 radical (unpaired) electrons. The molecule has 1 N–H and O–H groups in total. The maximum absolute atomic E-state index is 5.04. The van der Waals surface area contributed by atoms with Gasteiger partial charge in [-0.1, -0.05) is 5.16 Å². The smallest absolute Gasteiger partial charge is 0.252 e. The maximum atomic E-state index is 5.04. The standard InChI is InChI=1S/C10H17N3O2/c1-14-7-10-12-9(13-15-10)6-8-2-4-11-5-3-8/h8,11H,2-7H2,1H3. The molecule has 1 fully saturated rings. The van der Waals surface area contributed by atoms with Gasteiger partial charge in [0.15, 0.2) is 5.82 Å². The highest BCUT2D eigenvalue weighted by Crippen LogP contribution is 2.16. The first-order valence-corrected chi connectivity index (χ1v) is 5.39. The number of rotatable bonds is 4. The molecule has 1 aromatic heterocycles. The Morgan fingerprint density at radius 2 is 2.27 bits per heavy atom. The van der Waals surface area contributed by atoms with E-state index in [-0.39, 0.29) is 0 Å². The average molecular weight is 211 g/mol. The number of hydrogen-bond donors (Lipinski definition) is 1. The van der Waals surface area contributed by atoms with Crippen molar-refractivity contribution in [1.29, 1.82) is 0 Å². The van der Waals surface area contributed by atoms with Gasteiger partial charge in [0.1, 0.15) is 6.61 Å². The first kappa shape index (κ1) is 10.6. The van der Waals surface area contributed by atoms with Gasteiger partial charge in [-0.25, -0.2) is 0 Å². The van der Waals surface area contributed by atoms with Gasteiger partial charge < -0.3 is 14.6 Å². The summed E-state index contributed by atoms with van der Waals surface area (Å²) in [5.74, 6) is 2.08. The largest absolute Gasteiger partial charge is 0.375 e. The quantitative estimate of drug-likeness (QED) is 0.796. The fourth-order valence-corrected chi connectivity index (χ4v) is 1.90. The number of ether oxygens (including phenoxy) is 1. The maximum Gasteiger partial charge on any atom is 0.252 e. The highest BCUT2D eigenvalue weighted by Gasteiger charge is 2.16.